The van der Waals surface area contributed by atoms with Crippen molar-refractivity contribution in [3.8, 4) is 0 Å². The Balaban J connectivity index is 1.76. The lowest BCUT2D eigenvalue weighted by atomic mass is 9.97. The van der Waals surface area contributed by atoms with Gasteiger partial charge in [-0.05, 0) is 31.9 Å². The molecule has 1 saturated heterocycles. The summed E-state index contributed by atoms with van der Waals surface area (Å²) in [6.07, 6.45) is 1.54. The number of nitrogens with one attached hydrogen (secondary N) is 1. The van der Waals surface area contributed by atoms with Crippen molar-refractivity contribution in [3.05, 3.63) is 34.7 Å². The van der Waals surface area contributed by atoms with Gasteiger partial charge in [0.15, 0.2) is 0 Å². The second-order valence-corrected chi connectivity index (χ2v) is 6.86. The molecule has 1 aliphatic rings. The Morgan fingerprint density at radius 1 is 1.22 bits per heavy atom. The highest BCUT2D eigenvalue weighted by Gasteiger charge is 2.28. The first-order valence-corrected chi connectivity index (χ1v) is 9.50. The third-order valence-electron chi connectivity index (χ3n) is 5.12. The molecule has 0 bridgehead atoms. The zero-order valence-electron chi connectivity index (χ0n) is 15.7. The van der Waals surface area contributed by atoms with Gasteiger partial charge in [-0.2, -0.15) is 0 Å². The van der Waals surface area contributed by atoms with E-state index in [-0.39, 0.29) is 30.0 Å². The SMILES string of the molecule is CCn1c(=O)n(CC(=O)N2CCCC(C(=O)NCCN)C2)c2ccccc21. The van der Waals surface area contributed by atoms with E-state index in [1.807, 2.05) is 31.2 Å². The van der Waals surface area contributed by atoms with Gasteiger partial charge < -0.3 is 16.0 Å². The van der Waals surface area contributed by atoms with Gasteiger partial charge in [-0.1, -0.05) is 12.1 Å². The van der Waals surface area contributed by atoms with Crippen LogP contribution in [0.2, 0.25) is 0 Å². The minimum atomic E-state index is -0.219. The molecule has 2 heterocycles. The van der Waals surface area contributed by atoms with Gasteiger partial charge >= 0.3 is 5.69 Å². The molecule has 0 saturated carbocycles. The third kappa shape index (κ3) is 3.90. The molecular formula is C19H27N5O3. The molecule has 3 N–H and O–H groups in total. The Kier molecular flexibility index (Phi) is 5.95. The van der Waals surface area contributed by atoms with Gasteiger partial charge in [0.2, 0.25) is 11.8 Å². The largest absolute Gasteiger partial charge is 0.355 e. The Bertz CT molecular complexity index is 885. The number of hydrogen-bond acceptors (Lipinski definition) is 4. The summed E-state index contributed by atoms with van der Waals surface area (Å²) < 4.78 is 3.20. The van der Waals surface area contributed by atoms with Gasteiger partial charge in [0.05, 0.1) is 17.0 Å². The van der Waals surface area contributed by atoms with Crippen LogP contribution in [0, 0.1) is 5.92 Å². The van der Waals surface area contributed by atoms with Crippen LogP contribution in [0.4, 0.5) is 0 Å². The van der Waals surface area contributed by atoms with E-state index in [4.69, 9.17) is 5.73 Å². The molecule has 3 rings (SSSR count). The number of imidazole rings is 1. The minimum absolute atomic E-state index is 0.0104. The van der Waals surface area contributed by atoms with Gasteiger partial charge in [-0.3, -0.25) is 18.7 Å². The number of amides is 2. The molecule has 1 aromatic heterocycles. The van der Waals surface area contributed by atoms with Gasteiger partial charge in [0, 0.05) is 32.7 Å². The topological polar surface area (TPSA) is 102 Å². The van der Waals surface area contributed by atoms with Crippen molar-refractivity contribution in [2.24, 2.45) is 11.7 Å². The Morgan fingerprint density at radius 3 is 2.59 bits per heavy atom. The maximum atomic E-state index is 12.8. The predicted octanol–water partition coefficient (Wildman–Crippen LogP) is 0.136. The summed E-state index contributed by atoms with van der Waals surface area (Å²) in [5.41, 5.74) is 6.83. The summed E-state index contributed by atoms with van der Waals surface area (Å²) in [4.78, 5) is 39.4. The maximum Gasteiger partial charge on any atom is 0.329 e. The zero-order valence-corrected chi connectivity index (χ0v) is 15.7. The van der Waals surface area contributed by atoms with Crippen LogP contribution in [0.1, 0.15) is 19.8 Å². The number of hydrogen-bond donors (Lipinski definition) is 2. The number of fused-ring (bicyclic) bond motifs is 1. The average molecular weight is 373 g/mol. The number of aromatic nitrogens is 2. The van der Waals surface area contributed by atoms with Crippen LogP contribution < -0.4 is 16.7 Å². The van der Waals surface area contributed by atoms with E-state index in [2.05, 4.69) is 5.32 Å². The lowest BCUT2D eigenvalue weighted by Crippen LogP contribution is -2.47. The molecule has 1 unspecified atom stereocenters. The second-order valence-electron chi connectivity index (χ2n) is 6.86. The van der Waals surface area contributed by atoms with Gasteiger partial charge in [0.25, 0.3) is 0 Å². The van der Waals surface area contributed by atoms with Crippen molar-refractivity contribution in [2.75, 3.05) is 26.2 Å². The third-order valence-corrected chi connectivity index (χ3v) is 5.12. The lowest BCUT2D eigenvalue weighted by molar-refractivity contribution is -0.136. The van der Waals surface area contributed by atoms with Crippen LogP contribution >= 0.6 is 0 Å². The van der Waals surface area contributed by atoms with Crippen molar-refractivity contribution in [1.29, 1.82) is 0 Å². The van der Waals surface area contributed by atoms with Crippen LogP contribution in [-0.4, -0.2) is 52.0 Å². The number of rotatable bonds is 6. The first kappa shape index (κ1) is 19.2. The van der Waals surface area contributed by atoms with Crippen molar-refractivity contribution >= 4 is 22.8 Å². The van der Waals surface area contributed by atoms with Crippen LogP contribution in [0.5, 0.6) is 0 Å². The highest BCUT2D eigenvalue weighted by Crippen LogP contribution is 2.18. The summed E-state index contributed by atoms with van der Waals surface area (Å²) in [6.45, 7) is 4.28. The van der Waals surface area contributed by atoms with Gasteiger partial charge in [-0.25, -0.2) is 4.79 Å². The maximum absolute atomic E-state index is 12.8. The van der Waals surface area contributed by atoms with E-state index in [1.54, 1.807) is 9.47 Å². The molecule has 8 nitrogen and oxygen atoms in total. The van der Waals surface area contributed by atoms with Crippen LogP contribution in [-0.2, 0) is 22.7 Å². The molecule has 0 aliphatic carbocycles. The number of nitrogens with zero attached hydrogens (tertiary/aromatic N) is 3. The van der Waals surface area contributed by atoms with E-state index >= 15 is 0 Å². The molecular weight excluding hydrogens is 346 g/mol. The normalized spacial score (nSPS) is 17.3. The standard InChI is InChI=1S/C19H27N5O3/c1-2-23-15-7-3-4-8-16(15)24(19(23)27)13-17(25)22-11-5-6-14(12-22)18(26)21-10-9-20/h3-4,7-8,14H,2,5-6,9-13,20H2,1H3,(H,21,26). The van der Waals surface area contributed by atoms with Crippen LogP contribution in [0.25, 0.3) is 11.0 Å². The smallest absolute Gasteiger partial charge is 0.329 e. The summed E-state index contributed by atoms with van der Waals surface area (Å²) in [7, 11) is 0. The van der Waals surface area contributed by atoms with Crippen molar-refractivity contribution < 1.29 is 9.59 Å². The van der Waals surface area contributed by atoms with E-state index < -0.39 is 0 Å². The number of piperidine rings is 1. The average Bonchev–Trinajstić information content (AvgIpc) is 2.97. The summed E-state index contributed by atoms with van der Waals surface area (Å²) in [5, 5.41) is 2.80. The van der Waals surface area contributed by atoms with Crippen molar-refractivity contribution in [1.82, 2.24) is 19.4 Å². The molecule has 1 aliphatic heterocycles. The number of aryl methyl sites for hydroxylation is 1. The first-order valence-electron chi connectivity index (χ1n) is 9.50. The number of carbonyl (C=O) groups is 2. The molecule has 146 valence electrons. The fourth-order valence-electron chi connectivity index (χ4n) is 3.72. The molecule has 1 fully saturated rings. The van der Waals surface area contributed by atoms with Crippen molar-refractivity contribution in [2.45, 2.75) is 32.9 Å². The highest BCUT2D eigenvalue weighted by atomic mass is 16.2. The molecule has 0 spiro atoms. The molecule has 2 aromatic rings. The van der Waals surface area contributed by atoms with Gasteiger partial charge in [-0.15, -0.1) is 0 Å². The fourth-order valence-corrected chi connectivity index (χ4v) is 3.72. The van der Waals surface area contributed by atoms with Crippen LogP contribution in [0.15, 0.2) is 29.1 Å². The monoisotopic (exact) mass is 373 g/mol. The number of carbonyl (C=O) groups excluding carboxylic acids is 2. The summed E-state index contributed by atoms with van der Waals surface area (Å²) in [6, 6.07) is 7.49. The van der Waals surface area contributed by atoms with E-state index in [0.29, 0.717) is 32.7 Å². The second kappa shape index (κ2) is 8.39. The molecule has 8 heteroatoms. The predicted molar refractivity (Wildman–Crippen MR) is 103 cm³/mol. The van der Waals surface area contributed by atoms with E-state index in [1.165, 1.54) is 4.57 Å². The number of para-hydroxylation sites is 2. The van der Waals surface area contributed by atoms with Crippen molar-refractivity contribution in [3.63, 3.8) is 0 Å². The number of benzene rings is 1. The van der Waals surface area contributed by atoms with E-state index in [0.717, 1.165) is 23.9 Å². The zero-order chi connectivity index (χ0) is 19.4. The minimum Gasteiger partial charge on any atom is -0.355 e. The Hall–Kier alpha value is -2.61. The first-order chi connectivity index (χ1) is 13.1. The Morgan fingerprint density at radius 2 is 1.93 bits per heavy atom. The quantitative estimate of drug-likeness (QED) is 0.752. The molecule has 1 aromatic carbocycles. The molecule has 1 atom stereocenters. The summed E-state index contributed by atoms with van der Waals surface area (Å²) in [5.74, 6) is -0.409. The van der Waals surface area contributed by atoms with Crippen LogP contribution in [0.3, 0.4) is 0 Å². The number of nitrogens with two attached hydrogens (primary N) is 1. The fraction of sp³-hybridized carbons (Fsp3) is 0.526. The van der Waals surface area contributed by atoms with Gasteiger partial charge in [0.1, 0.15) is 6.54 Å². The molecule has 27 heavy (non-hydrogen) atoms. The van der Waals surface area contributed by atoms with E-state index in [9.17, 15) is 14.4 Å². The lowest BCUT2D eigenvalue weighted by Gasteiger charge is -2.32. The highest BCUT2D eigenvalue weighted by molar-refractivity contribution is 5.83. The summed E-state index contributed by atoms with van der Waals surface area (Å²) >= 11 is 0. The molecule has 0 radical (unpaired) electrons. The Labute approximate surface area is 157 Å². The molecule has 2 amide bonds. The number of likely N-dealkylation sites (tertiary alicyclic amines) is 1.